The molecule has 0 radical (unpaired) electrons. The van der Waals surface area contributed by atoms with Crippen LogP contribution in [0.15, 0.2) is 44.8 Å². The van der Waals surface area contributed by atoms with Gasteiger partial charge >= 0.3 is 0 Å². The molecule has 128 valence electrons. The van der Waals surface area contributed by atoms with Crippen molar-refractivity contribution in [3.63, 3.8) is 0 Å². The Morgan fingerprint density at radius 2 is 1.00 bits per heavy atom. The minimum Gasteiger partial charge on any atom is -0.0695 e. The van der Waals surface area contributed by atoms with Gasteiger partial charge in [-0.15, -0.1) is 0 Å². The van der Waals surface area contributed by atoms with E-state index < -0.39 is 8.07 Å². The summed E-state index contributed by atoms with van der Waals surface area (Å²) in [5.74, 6) is 0. The minimum absolute atomic E-state index is 0.293. The van der Waals surface area contributed by atoms with Gasteiger partial charge in [-0.05, 0) is 37.5 Å². The lowest BCUT2D eigenvalue weighted by Gasteiger charge is -2.32. The van der Waals surface area contributed by atoms with Gasteiger partial charge in [-0.3, -0.25) is 0 Å². The van der Waals surface area contributed by atoms with Gasteiger partial charge in [0.2, 0.25) is 0 Å². The molecule has 2 aliphatic rings. The van der Waals surface area contributed by atoms with Gasteiger partial charge in [0.25, 0.3) is 0 Å². The third-order valence-corrected chi connectivity index (χ3v) is 10.1. The molecule has 0 aromatic heterocycles. The van der Waals surface area contributed by atoms with Crippen molar-refractivity contribution in [2.24, 2.45) is 10.8 Å². The van der Waals surface area contributed by atoms with Crippen LogP contribution < -0.4 is 0 Å². The lowest BCUT2D eigenvalue weighted by molar-refractivity contribution is 0.495. The van der Waals surface area contributed by atoms with Gasteiger partial charge in [0.1, 0.15) is 8.07 Å². The summed E-state index contributed by atoms with van der Waals surface area (Å²) in [5, 5.41) is 3.53. The molecule has 0 saturated carbocycles. The number of hydrogen-bond acceptors (Lipinski definition) is 0. The van der Waals surface area contributed by atoms with Crippen LogP contribution in [0.25, 0.3) is 0 Å². The van der Waals surface area contributed by atoms with Crippen LogP contribution >= 0.6 is 0 Å². The van der Waals surface area contributed by atoms with Crippen molar-refractivity contribution in [2.45, 2.75) is 81.3 Å². The molecule has 0 unspecified atom stereocenters. The third kappa shape index (κ3) is 3.50. The van der Waals surface area contributed by atoms with E-state index in [-0.39, 0.29) is 0 Å². The molecule has 2 rings (SSSR count). The van der Waals surface area contributed by atoms with Crippen molar-refractivity contribution in [3.8, 4) is 0 Å². The van der Waals surface area contributed by atoms with E-state index in [0.29, 0.717) is 10.8 Å². The fraction of sp³-hybridized carbons (Fsp3) is 0.636. The highest BCUT2D eigenvalue weighted by Gasteiger charge is 2.39. The van der Waals surface area contributed by atoms with Gasteiger partial charge in [-0.1, -0.05) is 99.5 Å². The Hall–Kier alpha value is -0.823. The Morgan fingerprint density at radius 3 is 1.22 bits per heavy atom. The minimum atomic E-state index is -1.55. The molecule has 0 bridgehead atoms. The molecule has 0 aromatic rings. The molecule has 0 fully saturated rings. The molecule has 23 heavy (non-hydrogen) atoms. The number of hydrogen-bond donors (Lipinski definition) is 0. The number of rotatable bonds is 2. The highest BCUT2D eigenvalue weighted by Crippen LogP contribution is 2.47. The summed E-state index contributed by atoms with van der Waals surface area (Å²) >= 11 is 0. The molecule has 0 spiro atoms. The Balaban J connectivity index is 2.29. The summed E-state index contributed by atoms with van der Waals surface area (Å²) in [5.41, 5.74) is 6.92. The fourth-order valence-corrected chi connectivity index (χ4v) is 7.78. The van der Waals surface area contributed by atoms with Gasteiger partial charge in [0, 0.05) is 0 Å². The summed E-state index contributed by atoms with van der Waals surface area (Å²) < 4.78 is 0. The zero-order valence-electron chi connectivity index (χ0n) is 17.1. The summed E-state index contributed by atoms with van der Waals surface area (Å²) in [4.78, 5) is 0. The van der Waals surface area contributed by atoms with E-state index in [1.165, 1.54) is 12.8 Å². The highest BCUT2D eigenvalue weighted by molar-refractivity contribution is 6.91. The maximum atomic E-state index is 2.57. The monoisotopic (exact) mass is 328 g/mol. The van der Waals surface area contributed by atoms with Crippen LogP contribution in [0.2, 0.25) is 13.1 Å². The van der Waals surface area contributed by atoms with Crippen LogP contribution in [0.3, 0.4) is 0 Å². The Bertz CT molecular complexity index is 578. The molecule has 0 saturated heterocycles. The second-order valence-electron chi connectivity index (χ2n) is 10.1. The molecule has 0 nitrogen and oxygen atoms in total. The second-order valence-corrected chi connectivity index (χ2v) is 14.6. The van der Waals surface area contributed by atoms with Crippen molar-refractivity contribution in [1.82, 2.24) is 0 Å². The third-order valence-electron chi connectivity index (χ3n) is 5.90. The van der Waals surface area contributed by atoms with Crippen LogP contribution in [0.4, 0.5) is 0 Å². The van der Waals surface area contributed by atoms with E-state index in [1.54, 1.807) is 32.7 Å². The first kappa shape index (κ1) is 18.5. The fourth-order valence-electron chi connectivity index (χ4n) is 4.03. The molecular formula is C22H36Si. The van der Waals surface area contributed by atoms with Gasteiger partial charge in [0.15, 0.2) is 0 Å². The molecule has 0 aromatic carbocycles. The van der Waals surface area contributed by atoms with Gasteiger partial charge in [0.05, 0.1) is 0 Å². The molecule has 0 N–H and O–H groups in total. The van der Waals surface area contributed by atoms with Crippen LogP contribution in [0, 0.1) is 10.8 Å². The zero-order valence-corrected chi connectivity index (χ0v) is 18.1. The van der Waals surface area contributed by atoms with Crippen molar-refractivity contribution in [3.05, 3.63) is 44.8 Å². The van der Waals surface area contributed by atoms with Crippen molar-refractivity contribution >= 4 is 8.07 Å². The molecule has 1 heteroatoms. The first-order valence-corrected chi connectivity index (χ1v) is 12.1. The normalized spacial score (nSPS) is 20.4. The van der Waals surface area contributed by atoms with Crippen molar-refractivity contribution < 1.29 is 0 Å². The van der Waals surface area contributed by atoms with Crippen LogP contribution in [0.1, 0.15) is 68.2 Å². The maximum Gasteiger partial charge on any atom is 0.104 e. The summed E-state index contributed by atoms with van der Waals surface area (Å²) in [6.07, 6.45) is 7.37. The van der Waals surface area contributed by atoms with Crippen molar-refractivity contribution in [2.75, 3.05) is 0 Å². The molecule has 0 amide bonds. The van der Waals surface area contributed by atoms with Gasteiger partial charge in [-0.2, -0.15) is 0 Å². The summed E-state index contributed by atoms with van der Waals surface area (Å²) in [7, 11) is -1.55. The first-order chi connectivity index (χ1) is 10.2. The first-order valence-electron chi connectivity index (χ1n) is 9.07. The predicted molar refractivity (Wildman–Crippen MR) is 107 cm³/mol. The molecule has 2 aliphatic carbocycles. The van der Waals surface area contributed by atoms with E-state index in [2.05, 4.69) is 80.6 Å². The van der Waals surface area contributed by atoms with E-state index in [1.807, 2.05) is 0 Å². The SMILES string of the molecule is CC1=C([Si](C)(C)C2=C(C)C=C(C(C)(C)C)C2)CC(C(C)(C)C)=C1. The second kappa shape index (κ2) is 5.62. The lowest BCUT2D eigenvalue weighted by atomic mass is 9.86. The largest absolute Gasteiger partial charge is 0.104 e. The average Bonchev–Trinajstić information content (AvgIpc) is 2.91. The van der Waals surface area contributed by atoms with Gasteiger partial charge < -0.3 is 0 Å². The molecular weight excluding hydrogens is 292 g/mol. The summed E-state index contributed by atoms with van der Waals surface area (Å²) in [6.45, 7) is 23.9. The predicted octanol–water partition coefficient (Wildman–Crippen LogP) is 7.16. The van der Waals surface area contributed by atoms with Crippen LogP contribution in [0.5, 0.6) is 0 Å². The van der Waals surface area contributed by atoms with E-state index in [4.69, 9.17) is 0 Å². The topological polar surface area (TPSA) is 0 Å². The van der Waals surface area contributed by atoms with Crippen molar-refractivity contribution in [1.29, 1.82) is 0 Å². The quantitative estimate of drug-likeness (QED) is 0.472. The lowest BCUT2D eigenvalue weighted by Crippen LogP contribution is -2.33. The van der Waals surface area contributed by atoms with E-state index in [0.717, 1.165) is 0 Å². The zero-order chi connectivity index (χ0) is 17.8. The smallest absolute Gasteiger partial charge is 0.0695 e. The standard InChI is InChI=1S/C22H36Si/c1-15-11-17(21(3,4)5)13-19(15)23(9,10)20-14-18(12-16(20)2)22(6,7)8/h11-12H,13-14H2,1-10H3. The Kier molecular flexibility index (Phi) is 4.52. The van der Waals surface area contributed by atoms with E-state index >= 15 is 0 Å². The summed E-state index contributed by atoms with van der Waals surface area (Å²) in [6, 6.07) is 0. The Morgan fingerprint density at radius 1 is 0.696 bits per heavy atom. The Labute approximate surface area is 145 Å². The van der Waals surface area contributed by atoms with Crippen LogP contribution in [-0.4, -0.2) is 8.07 Å². The number of allylic oxidation sites excluding steroid dienone is 8. The molecule has 0 atom stereocenters. The molecule has 0 heterocycles. The average molecular weight is 329 g/mol. The van der Waals surface area contributed by atoms with Gasteiger partial charge in [-0.25, -0.2) is 0 Å². The highest BCUT2D eigenvalue weighted by atomic mass is 28.3. The van der Waals surface area contributed by atoms with Crippen LogP contribution in [-0.2, 0) is 0 Å². The van der Waals surface area contributed by atoms with E-state index in [9.17, 15) is 0 Å². The maximum absolute atomic E-state index is 2.57. The molecule has 0 aliphatic heterocycles.